The largest absolute Gasteiger partial charge is 0.492 e. The zero-order valence-corrected chi connectivity index (χ0v) is 14.6. The zero-order valence-electron chi connectivity index (χ0n) is 14.6. The van der Waals surface area contributed by atoms with Crippen molar-refractivity contribution in [1.82, 2.24) is 10.9 Å². The van der Waals surface area contributed by atoms with Crippen molar-refractivity contribution in [3.8, 4) is 16.9 Å². The lowest BCUT2D eigenvalue weighted by Crippen LogP contribution is -2.39. The van der Waals surface area contributed by atoms with E-state index in [2.05, 4.69) is 24.7 Å². The number of rotatable bonds is 9. The fraction of sp³-hybridized carbons (Fsp3) is 0.350. The first-order valence-electron chi connectivity index (χ1n) is 8.45. The van der Waals surface area contributed by atoms with Crippen molar-refractivity contribution >= 4 is 5.78 Å². The Balaban J connectivity index is 2.16. The third-order valence-electron chi connectivity index (χ3n) is 3.58. The van der Waals surface area contributed by atoms with E-state index in [4.69, 9.17) is 4.74 Å². The Morgan fingerprint density at radius 3 is 2.54 bits per heavy atom. The van der Waals surface area contributed by atoms with Gasteiger partial charge >= 0.3 is 0 Å². The number of benzene rings is 2. The molecule has 2 aromatic carbocycles. The first-order chi connectivity index (χ1) is 11.6. The van der Waals surface area contributed by atoms with E-state index >= 15 is 0 Å². The number of carbonyl (C=O) groups is 1. The Hall–Kier alpha value is -2.17. The highest BCUT2D eigenvalue weighted by atomic mass is 16.5. The van der Waals surface area contributed by atoms with Gasteiger partial charge in [0.1, 0.15) is 12.4 Å². The minimum atomic E-state index is 0.124. The standard InChI is InChI=1S/C20H26N2O2/c1-4-19(23)17-10-11-18(16-8-6-5-7-9-16)20(14-17)24-13-12-21-22-15(2)3/h5-11,14-15,21-22H,4,12-13H2,1-3H3. The summed E-state index contributed by atoms with van der Waals surface area (Å²) >= 11 is 0. The van der Waals surface area contributed by atoms with Crippen LogP contribution < -0.4 is 15.6 Å². The highest BCUT2D eigenvalue weighted by Crippen LogP contribution is 2.31. The molecule has 24 heavy (non-hydrogen) atoms. The monoisotopic (exact) mass is 326 g/mol. The molecule has 0 radical (unpaired) electrons. The van der Waals surface area contributed by atoms with Gasteiger partial charge in [-0.3, -0.25) is 15.6 Å². The van der Waals surface area contributed by atoms with Gasteiger partial charge in [-0.05, 0) is 31.5 Å². The summed E-state index contributed by atoms with van der Waals surface area (Å²) in [5, 5.41) is 0. The van der Waals surface area contributed by atoms with Gasteiger partial charge in [0.2, 0.25) is 0 Å². The number of hydrazine groups is 1. The van der Waals surface area contributed by atoms with E-state index in [0.717, 1.165) is 16.9 Å². The SMILES string of the molecule is CCC(=O)c1ccc(-c2ccccc2)c(OCCNNC(C)C)c1. The van der Waals surface area contributed by atoms with Gasteiger partial charge in [-0.1, -0.05) is 43.3 Å². The molecular weight excluding hydrogens is 300 g/mol. The van der Waals surface area contributed by atoms with E-state index in [1.54, 1.807) is 0 Å². The molecule has 2 aromatic rings. The topological polar surface area (TPSA) is 50.4 Å². The molecule has 0 fully saturated rings. The predicted molar refractivity (Wildman–Crippen MR) is 98.3 cm³/mol. The van der Waals surface area contributed by atoms with Gasteiger partial charge in [-0.2, -0.15) is 0 Å². The Bertz CT molecular complexity index is 654. The Kier molecular flexibility index (Phi) is 6.97. The van der Waals surface area contributed by atoms with Gasteiger partial charge in [0.05, 0.1) is 0 Å². The Morgan fingerprint density at radius 1 is 1.12 bits per heavy atom. The van der Waals surface area contributed by atoms with Crippen LogP contribution in [0.3, 0.4) is 0 Å². The van der Waals surface area contributed by atoms with Crippen molar-refractivity contribution in [3.63, 3.8) is 0 Å². The molecule has 0 heterocycles. The summed E-state index contributed by atoms with van der Waals surface area (Å²) in [6, 6.07) is 16.1. The summed E-state index contributed by atoms with van der Waals surface area (Å²) in [6.07, 6.45) is 0.490. The van der Waals surface area contributed by atoms with Crippen LogP contribution in [-0.2, 0) is 0 Å². The van der Waals surface area contributed by atoms with Crippen LogP contribution in [0.25, 0.3) is 11.1 Å². The maximum atomic E-state index is 12.0. The molecule has 0 amide bonds. The zero-order chi connectivity index (χ0) is 17.4. The van der Waals surface area contributed by atoms with Crippen LogP contribution in [0, 0.1) is 0 Å². The number of ether oxygens (including phenoxy) is 1. The maximum absolute atomic E-state index is 12.0. The van der Waals surface area contributed by atoms with Crippen molar-refractivity contribution in [3.05, 3.63) is 54.1 Å². The molecule has 0 saturated carbocycles. The molecule has 0 spiro atoms. The normalized spacial score (nSPS) is 10.8. The summed E-state index contributed by atoms with van der Waals surface area (Å²) in [5.74, 6) is 0.867. The molecule has 0 aliphatic carbocycles. The molecule has 2 rings (SSSR count). The number of carbonyl (C=O) groups excluding carboxylic acids is 1. The Labute approximate surface area is 144 Å². The first-order valence-corrected chi connectivity index (χ1v) is 8.45. The summed E-state index contributed by atoms with van der Waals surface area (Å²) in [7, 11) is 0. The lowest BCUT2D eigenvalue weighted by molar-refractivity contribution is 0.0987. The van der Waals surface area contributed by atoms with Crippen LogP contribution >= 0.6 is 0 Å². The predicted octanol–water partition coefficient (Wildman–Crippen LogP) is 3.83. The number of hydrogen-bond donors (Lipinski definition) is 2. The molecule has 0 unspecified atom stereocenters. The van der Waals surface area contributed by atoms with Crippen molar-refractivity contribution < 1.29 is 9.53 Å². The minimum absolute atomic E-state index is 0.124. The maximum Gasteiger partial charge on any atom is 0.162 e. The van der Waals surface area contributed by atoms with Gasteiger partial charge in [0, 0.05) is 30.1 Å². The first kappa shape index (κ1) is 18.2. The summed E-state index contributed by atoms with van der Waals surface area (Å²) < 4.78 is 5.95. The van der Waals surface area contributed by atoms with Gasteiger partial charge in [0.15, 0.2) is 5.78 Å². The van der Waals surface area contributed by atoms with Crippen LogP contribution in [0.5, 0.6) is 5.75 Å². The highest BCUT2D eigenvalue weighted by molar-refractivity contribution is 5.97. The second kappa shape index (κ2) is 9.21. The molecule has 128 valence electrons. The third-order valence-corrected chi connectivity index (χ3v) is 3.58. The molecule has 4 nitrogen and oxygen atoms in total. The molecule has 0 atom stereocenters. The number of nitrogens with one attached hydrogen (secondary N) is 2. The fourth-order valence-electron chi connectivity index (χ4n) is 2.36. The molecule has 0 aliphatic rings. The second-order valence-electron chi connectivity index (χ2n) is 5.93. The van der Waals surface area contributed by atoms with Crippen molar-refractivity contribution in [2.75, 3.05) is 13.2 Å². The van der Waals surface area contributed by atoms with Crippen LogP contribution in [0.1, 0.15) is 37.6 Å². The van der Waals surface area contributed by atoms with Gasteiger partial charge in [-0.15, -0.1) is 0 Å². The average molecular weight is 326 g/mol. The van der Waals surface area contributed by atoms with Crippen LogP contribution in [0.4, 0.5) is 0 Å². The second-order valence-corrected chi connectivity index (χ2v) is 5.93. The lowest BCUT2D eigenvalue weighted by Gasteiger charge is -2.15. The molecule has 0 aromatic heterocycles. The highest BCUT2D eigenvalue weighted by Gasteiger charge is 2.11. The van der Waals surface area contributed by atoms with E-state index in [-0.39, 0.29) is 5.78 Å². The van der Waals surface area contributed by atoms with E-state index in [1.807, 2.05) is 55.5 Å². The van der Waals surface area contributed by atoms with Crippen molar-refractivity contribution in [2.24, 2.45) is 0 Å². The van der Waals surface area contributed by atoms with E-state index < -0.39 is 0 Å². The van der Waals surface area contributed by atoms with Crippen LogP contribution in [0.2, 0.25) is 0 Å². The van der Waals surface area contributed by atoms with Crippen LogP contribution in [-0.4, -0.2) is 25.0 Å². The molecule has 0 bridgehead atoms. The van der Waals surface area contributed by atoms with Crippen molar-refractivity contribution in [2.45, 2.75) is 33.2 Å². The minimum Gasteiger partial charge on any atom is -0.492 e. The molecule has 2 N–H and O–H groups in total. The van der Waals surface area contributed by atoms with Gasteiger partial charge in [-0.25, -0.2) is 0 Å². The number of ketones is 1. The summed E-state index contributed by atoms with van der Waals surface area (Å²) in [5.41, 5.74) is 9.03. The van der Waals surface area contributed by atoms with E-state index in [1.165, 1.54) is 0 Å². The summed E-state index contributed by atoms with van der Waals surface area (Å²) in [6.45, 7) is 7.21. The number of Topliss-reactive ketones (excluding diaryl/α,β-unsaturated/α-hetero) is 1. The quantitative estimate of drug-likeness (QED) is 0.418. The summed E-state index contributed by atoms with van der Waals surface area (Å²) in [4.78, 5) is 12.0. The third kappa shape index (κ3) is 5.18. The average Bonchev–Trinajstić information content (AvgIpc) is 2.61. The molecule has 4 heteroatoms. The van der Waals surface area contributed by atoms with Gasteiger partial charge in [0.25, 0.3) is 0 Å². The van der Waals surface area contributed by atoms with E-state index in [0.29, 0.717) is 31.2 Å². The lowest BCUT2D eigenvalue weighted by atomic mass is 10.0. The smallest absolute Gasteiger partial charge is 0.162 e. The molecular formula is C20H26N2O2. The van der Waals surface area contributed by atoms with Gasteiger partial charge < -0.3 is 4.74 Å². The fourth-order valence-corrected chi connectivity index (χ4v) is 2.36. The number of hydrogen-bond acceptors (Lipinski definition) is 4. The molecule has 0 saturated heterocycles. The van der Waals surface area contributed by atoms with Crippen LogP contribution in [0.15, 0.2) is 48.5 Å². The van der Waals surface area contributed by atoms with E-state index in [9.17, 15) is 4.79 Å². The Morgan fingerprint density at radius 2 is 1.88 bits per heavy atom. The molecule has 0 aliphatic heterocycles. The van der Waals surface area contributed by atoms with Crippen molar-refractivity contribution in [1.29, 1.82) is 0 Å².